The molecule has 2 aromatic rings. The Morgan fingerprint density at radius 2 is 1.94 bits per heavy atom. The van der Waals surface area contributed by atoms with Crippen LogP contribution in [0.15, 0.2) is 48.5 Å². The minimum absolute atomic E-state index is 0.117. The Labute approximate surface area is 106 Å². The van der Waals surface area contributed by atoms with Crippen LogP contribution < -0.4 is 11.1 Å². The normalized spacial score (nSPS) is 10.9. The van der Waals surface area contributed by atoms with E-state index in [1.165, 1.54) is 11.5 Å². The van der Waals surface area contributed by atoms with E-state index >= 15 is 0 Å². The van der Waals surface area contributed by atoms with Crippen LogP contribution in [0.1, 0.15) is 5.56 Å². The number of nitrogens with two attached hydrogens (primary N) is 1. The van der Waals surface area contributed by atoms with Gasteiger partial charge in [0.15, 0.2) is 0 Å². The van der Waals surface area contributed by atoms with Crippen molar-refractivity contribution in [2.75, 3.05) is 13.1 Å². The quantitative estimate of drug-likeness (QED) is 0.802. The molecule has 0 bridgehead atoms. The molecule has 2 rings (SSSR count). The minimum atomic E-state index is -0.117. The number of nitrogens with one attached hydrogen (secondary N) is 1. The number of hydrogen-bond acceptors (Lipinski definition) is 2. The minimum Gasteiger partial charge on any atom is -0.351 e. The summed E-state index contributed by atoms with van der Waals surface area (Å²) in [6.45, 7) is 0.951. The highest BCUT2D eigenvalue weighted by Crippen LogP contribution is 2.19. The molecule has 92 valence electrons. The van der Waals surface area contributed by atoms with Gasteiger partial charge in [-0.25, -0.2) is 0 Å². The van der Waals surface area contributed by atoms with Gasteiger partial charge < -0.3 is 11.1 Å². The van der Waals surface area contributed by atoms with Crippen molar-refractivity contribution in [3.63, 3.8) is 0 Å². The summed E-state index contributed by atoms with van der Waals surface area (Å²) in [7, 11) is 0. The van der Waals surface area contributed by atoms with Crippen molar-refractivity contribution in [3.05, 3.63) is 54.1 Å². The molecule has 0 aliphatic rings. The molecule has 18 heavy (non-hydrogen) atoms. The van der Waals surface area contributed by atoms with Gasteiger partial charge in [-0.15, -0.1) is 0 Å². The van der Waals surface area contributed by atoms with Gasteiger partial charge >= 0.3 is 0 Å². The van der Waals surface area contributed by atoms with Gasteiger partial charge in [0.1, 0.15) is 0 Å². The molecule has 0 atom stereocenters. The maximum Gasteiger partial charge on any atom is 0.244 e. The second-order valence-corrected chi connectivity index (χ2v) is 3.98. The Morgan fingerprint density at radius 1 is 1.17 bits per heavy atom. The van der Waals surface area contributed by atoms with Crippen LogP contribution >= 0.6 is 0 Å². The summed E-state index contributed by atoms with van der Waals surface area (Å²) in [5.74, 6) is -0.117. The molecule has 0 heterocycles. The van der Waals surface area contributed by atoms with Crippen LogP contribution in [0.4, 0.5) is 0 Å². The Hall–Kier alpha value is -2.13. The number of carbonyl (C=O) groups is 1. The van der Waals surface area contributed by atoms with Crippen LogP contribution in [0, 0.1) is 0 Å². The molecule has 0 fully saturated rings. The molecule has 0 aliphatic heterocycles. The largest absolute Gasteiger partial charge is 0.351 e. The van der Waals surface area contributed by atoms with Crippen LogP contribution in [0.25, 0.3) is 16.8 Å². The van der Waals surface area contributed by atoms with Gasteiger partial charge in [-0.2, -0.15) is 0 Å². The fraction of sp³-hybridized carbons (Fsp3) is 0.133. The first-order chi connectivity index (χ1) is 8.81. The maximum absolute atomic E-state index is 11.5. The third-order valence-corrected chi connectivity index (χ3v) is 2.68. The van der Waals surface area contributed by atoms with Gasteiger partial charge in [0.05, 0.1) is 0 Å². The van der Waals surface area contributed by atoms with Gasteiger partial charge in [-0.1, -0.05) is 42.5 Å². The summed E-state index contributed by atoms with van der Waals surface area (Å²) in [6.07, 6.45) is 3.37. The Balaban J connectivity index is 2.21. The number of amides is 1. The Bertz CT molecular complexity index is 570. The summed E-state index contributed by atoms with van der Waals surface area (Å²) in [5.41, 5.74) is 6.36. The average Bonchev–Trinajstić information content (AvgIpc) is 2.42. The van der Waals surface area contributed by atoms with Crippen molar-refractivity contribution in [1.82, 2.24) is 5.32 Å². The van der Waals surface area contributed by atoms with E-state index in [2.05, 4.69) is 17.4 Å². The summed E-state index contributed by atoms with van der Waals surface area (Å²) in [4.78, 5) is 11.5. The van der Waals surface area contributed by atoms with E-state index in [1.807, 2.05) is 36.4 Å². The van der Waals surface area contributed by atoms with Crippen molar-refractivity contribution in [3.8, 4) is 0 Å². The van der Waals surface area contributed by atoms with Crippen LogP contribution in [0.2, 0.25) is 0 Å². The molecule has 1 amide bonds. The van der Waals surface area contributed by atoms with Gasteiger partial charge in [0.25, 0.3) is 0 Å². The van der Waals surface area contributed by atoms with E-state index in [0.717, 1.165) is 10.9 Å². The van der Waals surface area contributed by atoms with Crippen LogP contribution in [0.3, 0.4) is 0 Å². The topological polar surface area (TPSA) is 55.1 Å². The SMILES string of the molecule is NCCNC(=O)C=Cc1cccc2ccccc12. The fourth-order valence-corrected chi connectivity index (χ4v) is 1.82. The molecule has 3 heteroatoms. The first kappa shape index (κ1) is 12.3. The number of rotatable bonds is 4. The summed E-state index contributed by atoms with van der Waals surface area (Å²) < 4.78 is 0. The smallest absolute Gasteiger partial charge is 0.244 e. The van der Waals surface area contributed by atoms with Crippen molar-refractivity contribution < 1.29 is 4.79 Å². The zero-order chi connectivity index (χ0) is 12.8. The number of benzene rings is 2. The van der Waals surface area contributed by atoms with Crippen molar-refractivity contribution >= 4 is 22.8 Å². The molecular weight excluding hydrogens is 224 g/mol. The van der Waals surface area contributed by atoms with E-state index in [1.54, 1.807) is 0 Å². The molecule has 2 aromatic carbocycles. The molecule has 0 aliphatic carbocycles. The van der Waals surface area contributed by atoms with Gasteiger partial charge in [-0.3, -0.25) is 4.79 Å². The average molecular weight is 240 g/mol. The molecular formula is C15H16N2O. The van der Waals surface area contributed by atoms with Gasteiger partial charge in [-0.05, 0) is 22.4 Å². The molecule has 0 spiro atoms. The number of hydrogen-bond donors (Lipinski definition) is 2. The van der Waals surface area contributed by atoms with Crippen molar-refractivity contribution in [2.24, 2.45) is 5.73 Å². The second kappa shape index (κ2) is 5.98. The summed E-state index contributed by atoms with van der Waals surface area (Å²) in [6, 6.07) is 14.1. The molecule has 0 saturated carbocycles. The monoisotopic (exact) mass is 240 g/mol. The Kier molecular flexibility index (Phi) is 4.10. The van der Waals surface area contributed by atoms with Gasteiger partial charge in [0.2, 0.25) is 5.91 Å². The summed E-state index contributed by atoms with van der Waals surface area (Å²) >= 11 is 0. The lowest BCUT2D eigenvalue weighted by Crippen LogP contribution is -2.27. The predicted molar refractivity (Wildman–Crippen MR) is 75.0 cm³/mol. The van der Waals surface area contributed by atoms with Crippen LogP contribution in [0.5, 0.6) is 0 Å². The zero-order valence-electron chi connectivity index (χ0n) is 10.1. The van der Waals surface area contributed by atoms with Crippen LogP contribution in [-0.4, -0.2) is 19.0 Å². The highest BCUT2D eigenvalue weighted by Gasteiger charge is 1.97. The number of fused-ring (bicyclic) bond motifs is 1. The predicted octanol–water partition coefficient (Wildman–Crippen LogP) is 1.93. The van der Waals surface area contributed by atoms with E-state index in [4.69, 9.17) is 5.73 Å². The molecule has 0 saturated heterocycles. The molecule has 0 aromatic heterocycles. The molecule has 3 N–H and O–H groups in total. The lowest BCUT2D eigenvalue weighted by molar-refractivity contribution is -0.116. The van der Waals surface area contributed by atoms with Crippen molar-refractivity contribution in [2.45, 2.75) is 0 Å². The van der Waals surface area contributed by atoms with E-state index < -0.39 is 0 Å². The fourth-order valence-electron chi connectivity index (χ4n) is 1.82. The van der Waals surface area contributed by atoms with E-state index in [-0.39, 0.29) is 5.91 Å². The summed E-state index contributed by atoms with van der Waals surface area (Å²) in [5, 5.41) is 5.01. The maximum atomic E-state index is 11.5. The lowest BCUT2D eigenvalue weighted by atomic mass is 10.0. The van der Waals surface area contributed by atoms with Crippen LogP contribution in [-0.2, 0) is 4.79 Å². The van der Waals surface area contributed by atoms with E-state index in [0.29, 0.717) is 13.1 Å². The first-order valence-electron chi connectivity index (χ1n) is 5.95. The highest BCUT2D eigenvalue weighted by atomic mass is 16.1. The zero-order valence-corrected chi connectivity index (χ0v) is 10.1. The van der Waals surface area contributed by atoms with Crippen molar-refractivity contribution in [1.29, 1.82) is 0 Å². The Morgan fingerprint density at radius 3 is 2.78 bits per heavy atom. The first-order valence-corrected chi connectivity index (χ1v) is 5.95. The molecule has 3 nitrogen and oxygen atoms in total. The second-order valence-electron chi connectivity index (χ2n) is 3.98. The highest BCUT2D eigenvalue weighted by molar-refractivity contribution is 5.96. The third-order valence-electron chi connectivity index (χ3n) is 2.68. The lowest BCUT2D eigenvalue weighted by Gasteiger charge is -2.02. The third kappa shape index (κ3) is 2.96. The standard InChI is InChI=1S/C15H16N2O/c16-10-11-17-15(18)9-8-13-6-3-5-12-4-1-2-7-14(12)13/h1-9H,10-11,16H2,(H,17,18). The van der Waals surface area contributed by atoms with Gasteiger partial charge in [0, 0.05) is 19.2 Å². The molecule has 0 radical (unpaired) electrons. The van der Waals surface area contributed by atoms with E-state index in [9.17, 15) is 4.79 Å². The molecule has 0 unspecified atom stereocenters. The number of carbonyl (C=O) groups excluding carboxylic acids is 1.